The second kappa shape index (κ2) is 7.75. The number of carbonyl (C=O) groups excluding carboxylic acids is 1. The number of hydrogen-bond acceptors (Lipinski definition) is 7. The van der Waals surface area contributed by atoms with Gasteiger partial charge in [0.1, 0.15) is 5.75 Å². The summed E-state index contributed by atoms with van der Waals surface area (Å²) in [5, 5.41) is 9.16. The number of halogens is 3. The fourth-order valence-corrected chi connectivity index (χ4v) is 3.57. The van der Waals surface area contributed by atoms with Gasteiger partial charge < -0.3 is 4.74 Å². The van der Waals surface area contributed by atoms with Gasteiger partial charge >= 0.3 is 6.36 Å². The topological polar surface area (TPSA) is 124 Å². The van der Waals surface area contributed by atoms with E-state index < -0.39 is 28.8 Å². The molecule has 2 aromatic carbocycles. The van der Waals surface area contributed by atoms with Gasteiger partial charge in [-0.3, -0.25) is 28.8 Å². The first-order valence-corrected chi connectivity index (χ1v) is 9.38. The summed E-state index contributed by atoms with van der Waals surface area (Å²) in [7, 11) is -3.75. The Morgan fingerprint density at radius 1 is 1.10 bits per heavy atom. The van der Waals surface area contributed by atoms with Crippen molar-refractivity contribution in [3.63, 3.8) is 0 Å². The molecule has 154 valence electrons. The number of benzene rings is 2. The van der Waals surface area contributed by atoms with Gasteiger partial charge in [-0.2, -0.15) is 0 Å². The zero-order valence-corrected chi connectivity index (χ0v) is 15.2. The smallest absolute Gasteiger partial charge is 0.406 e. The zero-order chi connectivity index (χ0) is 21.2. The molecule has 8 nitrogen and oxygen atoms in total. The van der Waals surface area contributed by atoms with E-state index in [9.17, 15) is 27.1 Å². The van der Waals surface area contributed by atoms with Crippen LogP contribution in [0.25, 0.3) is 10.9 Å². The minimum atomic E-state index is -4.92. The average molecular weight is 429 g/mol. The molecule has 0 fully saturated rings. The monoisotopic (exact) mass is 429 g/mol. The molecule has 0 aliphatic rings. The van der Waals surface area contributed by atoms with E-state index in [-0.39, 0.29) is 16.1 Å². The molecule has 1 heterocycles. The van der Waals surface area contributed by atoms with Crippen LogP contribution in [0, 0.1) is 0 Å². The Kier molecular flexibility index (Phi) is 5.53. The fraction of sp³-hybridized carbons (Fsp3) is 0.0588. The van der Waals surface area contributed by atoms with Crippen molar-refractivity contribution in [1.82, 2.24) is 10.5 Å². The van der Waals surface area contributed by atoms with Crippen molar-refractivity contribution in [2.75, 3.05) is 4.72 Å². The summed E-state index contributed by atoms with van der Waals surface area (Å²) in [6.07, 6.45) is -3.63. The van der Waals surface area contributed by atoms with Crippen LogP contribution < -0.4 is 14.9 Å². The number of nitrogens with zero attached hydrogens (tertiary/aromatic N) is 1. The third-order valence-electron chi connectivity index (χ3n) is 3.67. The van der Waals surface area contributed by atoms with E-state index in [0.29, 0.717) is 10.9 Å². The van der Waals surface area contributed by atoms with Crippen molar-refractivity contribution < 1.29 is 37.0 Å². The molecule has 1 aromatic heterocycles. The fourth-order valence-electron chi connectivity index (χ4n) is 2.46. The minimum absolute atomic E-state index is 0.140. The Balaban J connectivity index is 1.88. The van der Waals surface area contributed by atoms with Crippen molar-refractivity contribution in [2.24, 2.45) is 0 Å². The van der Waals surface area contributed by atoms with Gasteiger partial charge in [0.2, 0.25) is 0 Å². The number of ether oxygens (including phenoxy) is 1. The van der Waals surface area contributed by atoms with E-state index in [1.807, 2.05) is 0 Å². The summed E-state index contributed by atoms with van der Waals surface area (Å²) >= 11 is 0. The van der Waals surface area contributed by atoms with Gasteiger partial charge in [-0.25, -0.2) is 5.48 Å². The highest BCUT2D eigenvalue weighted by Crippen LogP contribution is 2.49. The Labute approximate surface area is 163 Å². The van der Waals surface area contributed by atoms with Crippen LogP contribution in [-0.4, -0.2) is 31.6 Å². The van der Waals surface area contributed by atoms with Crippen molar-refractivity contribution in [3.8, 4) is 5.75 Å². The van der Waals surface area contributed by atoms with Gasteiger partial charge in [-0.15, -0.1) is 13.2 Å². The highest BCUT2D eigenvalue weighted by molar-refractivity contribution is 8.25. The Morgan fingerprint density at radius 2 is 1.86 bits per heavy atom. The van der Waals surface area contributed by atoms with Crippen LogP contribution >= 0.6 is 10.8 Å². The van der Waals surface area contributed by atoms with Crippen LogP contribution in [0.15, 0.2) is 59.6 Å². The van der Waals surface area contributed by atoms with Crippen LogP contribution in [0.5, 0.6) is 5.75 Å². The largest absolute Gasteiger partial charge is 0.573 e. The van der Waals surface area contributed by atoms with Gasteiger partial charge in [-0.05, 0) is 36.4 Å². The maximum atomic E-state index is 12.4. The first kappa shape index (κ1) is 20.7. The van der Waals surface area contributed by atoms with Crippen molar-refractivity contribution in [1.29, 1.82) is 0 Å². The summed E-state index contributed by atoms with van der Waals surface area (Å²) < 4.78 is 64.1. The Morgan fingerprint density at radius 3 is 2.55 bits per heavy atom. The number of nitrogens with one attached hydrogen (secondary N) is 2. The first-order chi connectivity index (χ1) is 13.6. The molecule has 0 bridgehead atoms. The quantitative estimate of drug-likeness (QED) is 0.301. The summed E-state index contributed by atoms with van der Waals surface area (Å²) in [5.74, 6) is -1.34. The molecule has 0 unspecified atom stereocenters. The maximum absolute atomic E-state index is 12.4. The normalized spacial score (nSPS) is 12.5. The maximum Gasteiger partial charge on any atom is 0.573 e. The molecule has 0 radical (unpaired) electrons. The number of aromatic nitrogens is 1. The zero-order valence-electron chi connectivity index (χ0n) is 14.3. The standard InChI is InChI=1S/C17H14F3N3O5S/c18-17(19,20)28-13-2-1-3-14(8-13)29(26,27)23-12-7-11-6-10(16(24)22-25)4-5-15(11)21-9-12/h1-9,23,25-27H,(H,22,24). The molecule has 3 rings (SSSR count). The number of rotatable bonds is 5. The second-order valence-electron chi connectivity index (χ2n) is 5.75. The molecule has 3 aromatic rings. The van der Waals surface area contributed by atoms with E-state index in [1.165, 1.54) is 48.1 Å². The van der Waals surface area contributed by atoms with Crippen LogP contribution in [0.1, 0.15) is 10.4 Å². The number of fused-ring (bicyclic) bond motifs is 1. The molecule has 0 saturated carbocycles. The van der Waals surface area contributed by atoms with E-state index in [2.05, 4.69) is 14.4 Å². The Hall–Kier alpha value is -3.06. The number of hydrogen-bond donors (Lipinski definition) is 5. The van der Waals surface area contributed by atoms with Gasteiger partial charge in [0.15, 0.2) is 0 Å². The van der Waals surface area contributed by atoms with Crippen molar-refractivity contribution in [3.05, 3.63) is 60.3 Å². The molecule has 0 spiro atoms. The number of alkyl halides is 3. The third kappa shape index (κ3) is 5.06. The lowest BCUT2D eigenvalue weighted by molar-refractivity contribution is -0.274. The van der Waals surface area contributed by atoms with E-state index in [0.717, 1.165) is 12.1 Å². The highest BCUT2D eigenvalue weighted by atomic mass is 32.3. The van der Waals surface area contributed by atoms with Gasteiger partial charge in [0, 0.05) is 17.0 Å². The number of anilines is 1. The van der Waals surface area contributed by atoms with Crippen molar-refractivity contribution in [2.45, 2.75) is 11.3 Å². The summed E-state index contributed by atoms with van der Waals surface area (Å²) in [6.45, 7) is 0. The van der Waals surface area contributed by atoms with Crippen LogP contribution in [0.2, 0.25) is 0 Å². The molecule has 0 atom stereocenters. The van der Waals surface area contributed by atoms with Crippen molar-refractivity contribution >= 4 is 33.3 Å². The van der Waals surface area contributed by atoms with Crippen LogP contribution in [0.4, 0.5) is 18.9 Å². The molecule has 5 N–H and O–H groups in total. The number of pyridine rings is 1. The summed E-state index contributed by atoms with van der Waals surface area (Å²) in [5.41, 5.74) is 2.27. The Bertz CT molecular complexity index is 1060. The predicted octanol–water partition coefficient (Wildman–Crippen LogP) is 4.39. The van der Waals surface area contributed by atoms with E-state index in [1.54, 1.807) is 0 Å². The molecule has 1 amide bonds. The predicted molar refractivity (Wildman–Crippen MR) is 98.9 cm³/mol. The van der Waals surface area contributed by atoms with Gasteiger partial charge in [-0.1, -0.05) is 16.8 Å². The first-order valence-electron chi connectivity index (χ1n) is 7.83. The molecule has 0 aliphatic heterocycles. The minimum Gasteiger partial charge on any atom is -0.406 e. The number of carbonyl (C=O) groups is 1. The number of amides is 1. The van der Waals surface area contributed by atoms with E-state index in [4.69, 9.17) is 5.21 Å². The second-order valence-corrected chi connectivity index (χ2v) is 7.52. The molecule has 0 saturated heterocycles. The van der Waals surface area contributed by atoms with Gasteiger partial charge in [0.05, 0.1) is 22.3 Å². The highest BCUT2D eigenvalue weighted by Gasteiger charge is 2.31. The molecular weight excluding hydrogens is 415 g/mol. The average Bonchev–Trinajstić information content (AvgIpc) is 2.65. The molecule has 0 aliphatic carbocycles. The summed E-state index contributed by atoms with van der Waals surface area (Å²) in [6, 6.07) is 10.1. The molecule has 12 heteroatoms. The molecule has 29 heavy (non-hydrogen) atoms. The lowest BCUT2D eigenvalue weighted by Crippen LogP contribution is -2.18. The summed E-state index contributed by atoms with van der Waals surface area (Å²) in [4.78, 5) is 15.4. The number of hydroxylamine groups is 1. The van der Waals surface area contributed by atoms with Crippen LogP contribution in [-0.2, 0) is 0 Å². The van der Waals surface area contributed by atoms with E-state index >= 15 is 0 Å². The SMILES string of the molecule is O=C(NO)c1ccc2ncc(NS(O)(O)c3cccc(OC(F)(F)F)c3)cc2c1. The molecular formula is C17H14F3N3O5S. The third-order valence-corrected chi connectivity index (χ3v) is 5.10. The lowest BCUT2D eigenvalue weighted by atomic mass is 10.1. The van der Waals surface area contributed by atoms with Gasteiger partial charge in [0.25, 0.3) is 5.91 Å². The van der Waals surface area contributed by atoms with Crippen LogP contribution in [0.3, 0.4) is 0 Å². The lowest BCUT2D eigenvalue weighted by Gasteiger charge is -2.33.